The Balaban J connectivity index is 2.12. The smallest absolute Gasteiger partial charge is 0.00150 e. The molecule has 0 spiro atoms. The largest absolute Gasteiger partial charge is 0.316 e. The minimum absolute atomic E-state index is 0.764. The first kappa shape index (κ1) is 8.55. The summed E-state index contributed by atoms with van der Waals surface area (Å²) in [4.78, 5) is 0. The Kier molecular flexibility index (Phi) is 2.16. The Morgan fingerprint density at radius 2 is 2.17 bits per heavy atom. The van der Waals surface area contributed by atoms with Gasteiger partial charge >= 0.3 is 0 Å². The molecule has 1 aliphatic heterocycles. The quantitative estimate of drug-likeness (QED) is 0.666. The van der Waals surface area contributed by atoms with E-state index < -0.39 is 0 Å². The van der Waals surface area contributed by atoms with Gasteiger partial charge in [0.05, 0.1) is 0 Å². The lowest BCUT2D eigenvalue weighted by atomic mass is 9.51. The second-order valence-corrected chi connectivity index (χ2v) is 4.59. The standard InChI is InChI=1S/C11H21N/c1-3-9-7-12-8-10-5-6-11(9,10)4-2/h9-10,12H,3-8H2,1-2H3. The number of piperidine rings is 1. The van der Waals surface area contributed by atoms with Crippen molar-refractivity contribution in [1.82, 2.24) is 5.32 Å². The number of hydrogen-bond donors (Lipinski definition) is 1. The molecule has 0 radical (unpaired) electrons. The van der Waals surface area contributed by atoms with Crippen LogP contribution in [0.1, 0.15) is 39.5 Å². The van der Waals surface area contributed by atoms with Crippen LogP contribution >= 0.6 is 0 Å². The van der Waals surface area contributed by atoms with Gasteiger partial charge in [-0.3, -0.25) is 0 Å². The molecule has 1 aliphatic carbocycles. The van der Waals surface area contributed by atoms with E-state index in [2.05, 4.69) is 19.2 Å². The maximum atomic E-state index is 3.58. The van der Waals surface area contributed by atoms with Crippen LogP contribution in [0.2, 0.25) is 0 Å². The van der Waals surface area contributed by atoms with Crippen LogP contribution in [-0.4, -0.2) is 13.1 Å². The molecule has 2 fully saturated rings. The lowest BCUT2D eigenvalue weighted by molar-refractivity contribution is -0.0610. The van der Waals surface area contributed by atoms with Crippen molar-refractivity contribution < 1.29 is 0 Å². The summed E-state index contributed by atoms with van der Waals surface area (Å²) in [5.74, 6) is 1.98. The molecule has 70 valence electrons. The summed E-state index contributed by atoms with van der Waals surface area (Å²) in [6.07, 6.45) is 5.78. The van der Waals surface area contributed by atoms with Crippen LogP contribution in [0.4, 0.5) is 0 Å². The maximum absolute atomic E-state index is 3.58. The summed E-state index contributed by atoms with van der Waals surface area (Å²) >= 11 is 0. The van der Waals surface area contributed by atoms with Crippen LogP contribution in [0, 0.1) is 17.3 Å². The third-order valence-corrected chi connectivity index (χ3v) is 4.52. The van der Waals surface area contributed by atoms with Gasteiger partial charge in [0, 0.05) is 0 Å². The molecule has 0 aromatic heterocycles. The molecule has 1 heteroatoms. The Hall–Kier alpha value is -0.0400. The van der Waals surface area contributed by atoms with E-state index in [1.165, 1.54) is 38.8 Å². The highest BCUT2D eigenvalue weighted by atomic mass is 14.9. The third kappa shape index (κ3) is 0.953. The van der Waals surface area contributed by atoms with Gasteiger partial charge in [0.15, 0.2) is 0 Å². The molecule has 12 heavy (non-hydrogen) atoms. The monoisotopic (exact) mass is 167 g/mol. The zero-order valence-electron chi connectivity index (χ0n) is 8.40. The number of rotatable bonds is 2. The van der Waals surface area contributed by atoms with Crippen molar-refractivity contribution in [1.29, 1.82) is 0 Å². The van der Waals surface area contributed by atoms with Crippen molar-refractivity contribution in [2.45, 2.75) is 39.5 Å². The van der Waals surface area contributed by atoms with Gasteiger partial charge in [0.1, 0.15) is 0 Å². The molecule has 2 aliphatic rings. The molecule has 1 N–H and O–H groups in total. The number of fused-ring (bicyclic) bond motifs is 1. The molecule has 0 bridgehead atoms. The first-order valence-corrected chi connectivity index (χ1v) is 5.54. The topological polar surface area (TPSA) is 12.0 Å². The van der Waals surface area contributed by atoms with Crippen LogP contribution in [0.5, 0.6) is 0 Å². The molecule has 1 saturated carbocycles. The van der Waals surface area contributed by atoms with E-state index in [0.29, 0.717) is 0 Å². The maximum Gasteiger partial charge on any atom is -0.00150 e. The van der Waals surface area contributed by atoms with E-state index in [-0.39, 0.29) is 0 Å². The van der Waals surface area contributed by atoms with Crippen molar-refractivity contribution in [2.75, 3.05) is 13.1 Å². The Labute approximate surface area is 75.9 Å². The van der Waals surface area contributed by atoms with Crippen LogP contribution in [0.3, 0.4) is 0 Å². The van der Waals surface area contributed by atoms with Gasteiger partial charge in [-0.15, -0.1) is 0 Å². The van der Waals surface area contributed by atoms with Crippen LogP contribution < -0.4 is 5.32 Å². The molecule has 0 amide bonds. The summed E-state index contributed by atoms with van der Waals surface area (Å²) in [6, 6.07) is 0. The second kappa shape index (κ2) is 3.02. The Morgan fingerprint density at radius 3 is 2.58 bits per heavy atom. The van der Waals surface area contributed by atoms with Gasteiger partial charge in [-0.05, 0) is 49.6 Å². The number of hydrogen-bond acceptors (Lipinski definition) is 1. The summed E-state index contributed by atoms with van der Waals surface area (Å²) in [6.45, 7) is 7.32. The normalized spacial score (nSPS) is 46.5. The lowest BCUT2D eigenvalue weighted by Gasteiger charge is -2.57. The minimum Gasteiger partial charge on any atom is -0.316 e. The van der Waals surface area contributed by atoms with E-state index in [0.717, 1.165) is 17.3 Å². The van der Waals surface area contributed by atoms with Crippen molar-refractivity contribution in [3.63, 3.8) is 0 Å². The van der Waals surface area contributed by atoms with Crippen LogP contribution in [0.25, 0.3) is 0 Å². The van der Waals surface area contributed by atoms with Crippen LogP contribution in [-0.2, 0) is 0 Å². The van der Waals surface area contributed by atoms with E-state index in [4.69, 9.17) is 0 Å². The molecule has 3 atom stereocenters. The molecule has 0 aromatic carbocycles. The highest BCUT2D eigenvalue weighted by molar-refractivity contribution is 5.02. The van der Waals surface area contributed by atoms with Crippen molar-refractivity contribution >= 4 is 0 Å². The lowest BCUT2D eigenvalue weighted by Crippen LogP contribution is -2.57. The summed E-state index contributed by atoms with van der Waals surface area (Å²) in [5, 5.41) is 3.58. The van der Waals surface area contributed by atoms with E-state index in [9.17, 15) is 0 Å². The first-order chi connectivity index (χ1) is 5.83. The highest BCUT2D eigenvalue weighted by Gasteiger charge is 2.51. The van der Waals surface area contributed by atoms with Gasteiger partial charge in [0.25, 0.3) is 0 Å². The fourth-order valence-corrected chi connectivity index (χ4v) is 3.50. The second-order valence-electron chi connectivity index (χ2n) is 4.59. The Morgan fingerprint density at radius 1 is 1.33 bits per heavy atom. The van der Waals surface area contributed by atoms with Gasteiger partial charge in [-0.1, -0.05) is 20.3 Å². The molecular formula is C11H21N. The zero-order chi connectivity index (χ0) is 8.60. The van der Waals surface area contributed by atoms with Crippen molar-refractivity contribution in [2.24, 2.45) is 17.3 Å². The average Bonchev–Trinajstić information content (AvgIpc) is 2.07. The van der Waals surface area contributed by atoms with Gasteiger partial charge in [0.2, 0.25) is 0 Å². The zero-order valence-corrected chi connectivity index (χ0v) is 8.40. The minimum atomic E-state index is 0.764. The molecular weight excluding hydrogens is 146 g/mol. The van der Waals surface area contributed by atoms with Gasteiger partial charge in [-0.2, -0.15) is 0 Å². The predicted molar refractivity (Wildman–Crippen MR) is 52.1 cm³/mol. The SMILES string of the molecule is CCC1CNCC2CCC12CC. The van der Waals surface area contributed by atoms with E-state index >= 15 is 0 Å². The molecule has 0 aromatic rings. The number of nitrogens with one attached hydrogen (secondary N) is 1. The summed E-state index contributed by atoms with van der Waals surface area (Å²) in [5.41, 5.74) is 0.764. The first-order valence-electron chi connectivity index (χ1n) is 5.54. The van der Waals surface area contributed by atoms with Crippen molar-refractivity contribution in [3.8, 4) is 0 Å². The molecule has 3 unspecified atom stereocenters. The fraction of sp³-hybridized carbons (Fsp3) is 1.00. The molecule has 1 heterocycles. The van der Waals surface area contributed by atoms with E-state index in [1.54, 1.807) is 0 Å². The summed E-state index contributed by atoms with van der Waals surface area (Å²) < 4.78 is 0. The highest BCUT2D eigenvalue weighted by Crippen LogP contribution is 2.56. The fourth-order valence-electron chi connectivity index (χ4n) is 3.50. The molecule has 2 rings (SSSR count). The third-order valence-electron chi connectivity index (χ3n) is 4.52. The van der Waals surface area contributed by atoms with Crippen LogP contribution in [0.15, 0.2) is 0 Å². The average molecular weight is 167 g/mol. The Bertz CT molecular complexity index is 162. The van der Waals surface area contributed by atoms with Crippen molar-refractivity contribution in [3.05, 3.63) is 0 Å². The van der Waals surface area contributed by atoms with Gasteiger partial charge in [-0.25, -0.2) is 0 Å². The van der Waals surface area contributed by atoms with Gasteiger partial charge < -0.3 is 5.32 Å². The molecule has 1 saturated heterocycles. The summed E-state index contributed by atoms with van der Waals surface area (Å²) in [7, 11) is 0. The molecule has 1 nitrogen and oxygen atoms in total. The predicted octanol–water partition coefficient (Wildman–Crippen LogP) is 2.42. The van der Waals surface area contributed by atoms with E-state index in [1.807, 2.05) is 0 Å².